The molecule has 1 aromatic rings. The van der Waals surface area contributed by atoms with Crippen molar-refractivity contribution in [2.75, 3.05) is 37.6 Å². The fourth-order valence-electron chi connectivity index (χ4n) is 3.38. The molecular weight excluding hydrogens is 258 g/mol. The molecule has 3 heteroatoms. The van der Waals surface area contributed by atoms with Crippen molar-refractivity contribution >= 4 is 5.69 Å². The average molecular weight is 287 g/mol. The Morgan fingerprint density at radius 1 is 1.14 bits per heavy atom. The molecule has 1 saturated carbocycles. The Balaban J connectivity index is 1.49. The number of nitrogens with zero attached hydrogens (tertiary/aromatic N) is 2. The number of aryl methyl sites for hydroxylation is 1. The van der Waals surface area contributed by atoms with E-state index in [-0.39, 0.29) is 0 Å². The van der Waals surface area contributed by atoms with Crippen LogP contribution >= 0.6 is 0 Å². The van der Waals surface area contributed by atoms with Crippen LogP contribution in [-0.2, 0) is 0 Å². The molecule has 0 amide bonds. The van der Waals surface area contributed by atoms with Crippen LogP contribution in [-0.4, -0.2) is 43.7 Å². The van der Waals surface area contributed by atoms with E-state index in [0.717, 1.165) is 19.0 Å². The molecule has 2 N–H and O–H groups in total. The van der Waals surface area contributed by atoms with Gasteiger partial charge in [0.25, 0.3) is 0 Å². The lowest BCUT2D eigenvalue weighted by molar-refractivity contribution is 0.245. The zero-order valence-corrected chi connectivity index (χ0v) is 13.5. The lowest BCUT2D eigenvalue weighted by atomic mass is 10.1. The summed E-state index contributed by atoms with van der Waals surface area (Å²) in [6, 6.07) is 7.09. The third-order valence-electron chi connectivity index (χ3n) is 5.30. The second-order valence-electron chi connectivity index (χ2n) is 6.84. The molecule has 0 aromatic heterocycles. The fraction of sp³-hybridized carbons (Fsp3) is 0.667. The van der Waals surface area contributed by atoms with Crippen LogP contribution in [0.4, 0.5) is 5.69 Å². The first-order valence-electron chi connectivity index (χ1n) is 8.44. The lowest BCUT2D eigenvalue weighted by Gasteiger charge is -2.37. The fourth-order valence-corrected chi connectivity index (χ4v) is 3.38. The van der Waals surface area contributed by atoms with E-state index in [0.29, 0.717) is 6.04 Å². The summed E-state index contributed by atoms with van der Waals surface area (Å²) in [5.74, 6) is 0.834. The van der Waals surface area contributed by atoms with E-state index in [9.17, 15) is 0 Å². The van der Waals surface area contributed by atoms with Gasteiger partial charge in [0.1, 0.15) is 0 Å². The van der Waals surface area contributed by atoms with Gasteiger partial charge in [0.05, 0.1) is 0 Å². The lowest BCUT2D eigenvalue weighted by Crippen LogP contribution is -2.47. The predicted octanol–water partition coefficient (Wildman–Crippen LogP) is 2.55. The maximum Gasteiger partial charge on any atom is 0.0399 e. The summed E-state index contributed by atoms with van der Waals surface area (Å²) in [6.45, 7) is 10.2. The summed E-state index contributed by atoms with van der Waals surface area (Å²) < 4.78 is 0. The number of hydrogen-bond donors (Lipinski definition) is 1. The highest BCUT2D eigenvalue weighted by Gasteiger charge is 2.28. The smallest absolute Gasteiger partial charge is 0.0399 e. The molecule has 1 aliphatic carbocycles. The van der Waals surface area contributed by atoms with Gasteiger partial charge in [0.2, 0.25) is 0 Å². The maximum atomic E-state index is 6.21. The van der Waals surface area contributed by atoms with Gasteiger partial charge < -0.3 is 10.6 Å². The van der Waals surface area contributed by atoms with Gasteiger partial charge in [-0.25, -0.2) is 0 Å². The van der Waals surface area contributed by atoms with Gasteiger partial charge >= 0.3 is 0 Å². The number of anilines is 1. The van der Waals surface area contributed by atoms with Crippen molar-refractivity contribution in [1.82, 2.24) is 4.90 Å². The number of nitrogens with two attached hydrogens (primary N) is 1. The summed E-state index contributed by atoms with van der Waals surface area (Å²) >= 11 is 0. The second-order valence-corrected chi connectivity index (χ2v) is 6.84. The van der Waals surface area contributed by atoms with Crippen molar-refractivity contribution in [3.05, 3.63) is 29.3 Å². The van der Waals surface area contributed by atoms with Gasteiger partial charge in [-0.3, -0.25) is 4.90 Å². The molecule has 0 bridgehead atoms. The van der Waals surface area contributed by atoms with Crippen molar-refractivity contribution < 1.29 is 0 Å². The van der Waals surface area contributed by atoms with Crippen LogP contribution in [0.5, 0.6) is 0 Å². The number of rotatable bonds is 5. The van der Waals surface area contributed by atoms with Crippen molar-refractivity contribution in [3.8, 4) is 0 Å². The van der Waals surface area contributed by atoms with Crippen molar-refractivity contribution in [3.63, 3.8) is 0 Å². The molecule has 21 heavy (non-hydrogen) atoms. The van der Waals surface area contributed by atoms with Crippen LogP contribution in [0.1, 0.15) is 30.4 Å². The van der Waals surface area contributed by atoms with Crippen LogP contribution in [0, 0.1) is 19.8 Å². The van der Waals surface area contributed by atoms with E-state index in [4.69, 9.17) is 5.73 Å². The van der Waals surface area contributed by atoms with Gasteiger partial charge in [0.15, 0.2) is 0 Å². The summed E-state index contributed by atoms with van der Waals surface area (Å²) in [6.07, 6.45) is 3.90. The van der Waals surface area contributed by atoms with E-state index in [2.05, 4.69) is 41.8 Å². The van der Waals surface area contributed by atoms with Gasteiger partial charge in [-0.1, -0.05) is 12.1 Å². The van der Waals surface area contributed by atoms with Crippen LogP contribution in [0.2, 0.25) is 0 Å². The van der Waals surface area contributed by atoms with Crippen molar-refractivity contribution in [2.24, 2.45) is 11.7 Å². The maximum absolute atomic E-state index is 6.21. The van der Waals surface area contributed by atoms with E-state index < -0.39 is 0 Å². The minimum Gasteiger partial charge on any atom is -0.369 e. The zero-order chi connectivity index (χ0) is 14.8. The molecule has 2 fully saturated rings. The largest absolute Gasteiger partial charge is 0.369 e. The normalized spacial score (nSPS) is 21.6. The number of benzene rings is 1. The van der Waals surface area contributed by atoms with Gasteiger partial charge in [-0.05, 0) is 62.8 Å². The molecular formula is C18H29N3. The van der Waals surface area contributed by atoms with Crippen LogP contribution in [0.15, 0.2) is 18.2 Å². The highest BCUT2D eigenvalue weighted by molar-refractivity contribution is 5.56. The van der Waals surface area contributed by atoms with E-state index in [1.54, 1.807) is 0 Å². The average Bonchev–Trinajstić information content (AvgIpc) is 3.33. The van der Waals surface area contributed by atoms with Gasteiger partial charge in [-0.2, -0.15) is 0 Å². The Kier molecular flexibility index (Phi) is 4.51. The first kappa shape index (κ1) is 14.9. The molecule has 1 saturated heterocycles. The van der Waals surface area contributed by atoms with E-state index in [1.807, 2.05) is 0 Å². The van der Waals surface area contributed by atoms with Gasteiger partial charge in [-0.15, -0.1) is 0 Å². The Morgan fingerprint density at radius 2 is 1.86 bits per heavy atom. The second kappa shape index (κ2) is 6.37. The Hall–Kier alpha value is -1.06. The van der Waals surface area contributed by atoms with Crippen LogP contribution < -0.4 is 10.6 Å². The number of piperazine rings is 1. The predicted molar refractivity (Wildman–Crippen MR) is 89.9 cm³/mol. The standard InChI is InChI=1S/C18H29N3/c1-14-4-3-5-18(15(14)2)21-12-10-20(11-13-21)9-8-17(19)16-6-7-16/h3-5,16-17H,6-13,19H2,1-2H3. The monoisotopic (exact) mass is 287 g/mol. The molecule has 0 spiro atoms. The minimum atomic E-state index is 0.446. The van der Waals surface area contributed by atoms with E-state index >= 15 is 0 Å². The first-order valence-corrected chi connectivity index (χ1v) is 8.44. The molecule has 1 aromatic carbocycles. The Morgan fingerprint density at radius 3 is 2.52 bits per heavy atom. The van der Waals surface area contributed by atoms with Crippen molar-refractivity contribution in [1.29, 1.82) is 0 Å². The molecule has 1 heterocycles. The Bertz CT molecular complexity index is 473. The molecule has 116 valence electrons. The van der Waals surface area contributed by atoms with E-state index in [1.165, 1.54) is 55.7 Å². The molecule has 3 rings (SSSR count). The minimum absolute atomic E-state index is 0.446. The number of hydrogen-bond acceptors (Lipinski definition) is 3. The molecule has 2 aliphatic rings. The molecule has 0 radical (unpaired) electrons. The molecule has 1 aliphatic heterocycles. The quantitative estimate of drug-likeness (QED) is 0.903. The SMILES string of the molecule is Cc1cccc(N2CCN(CCC(N)C3CC3)CC2)c1C. The molecule has 1 unspecified atom stereocenters. The van der Waals surface area contributed by atoms with Gasteiger partial charge in [0, 0.05) is 37.9 Å². The van der Waals surface area contributed by atoms with Crippen LogP contribution in [0.25, 0.3) is 0 Å². The molecule has 3 nitrogen and oxygen atoms in total. The van der Waals surface area contributed by atoms with Crippen LogP contribution in [0.3, 0.4) is 0 Å². The molecule has 1 atom stereocenters. The topological polar surface area (TPSA) is 32.5 Å². The first-order chi connectivity index (χ1) is 10.1. The summed E-state index contributed by atoms with van der Waals surface area (Å²) in [4.78, 5) is 5.13. The highest BCUT2D eigenvalue weighted by Crippen LogP contribution is 2.33. The third kappa shape index (κ3) is 3.58. The summed E-state index contributed by atoms with van der Waals surface area (Å²) in [7, 11) is 0. The summed E-state index contributed by atoms with van der Waals surface area (Å²) in [5, 5.41) is 0. The summed E-state index contributed by atoms with van der Waals surface area (Å²) in [5.41, 5.74) is 10.5. The van der Waals surface area contributed by atoms with Crippen molar-refractivity contribution in [2.45, 2.75) is 39.2 Å². The highest BCUT2D eigenvalue weighted by atomic mass is 15.3. The third-order valence-corrected chi connectivity index (χ3v) is 5.30. The zero-order valence-electron chi connectivity index (χ0n) is 13.5. The Labute approximate surface area is 129 Å².